The molecule has 1 aliphatic rings. The number of nitrogens with two attached hydrogens (primary N) is 1. The fourth-order valence-electron chi connectivity index (χ4n) is 2.11. The number of anilines is 1. The molecule has 5 nitrogen and oxygen atoms in total. The highest BCUT2D eigenvalue weighted by Crippen LogP contribution is 2.29. The third kappa shape index (κ3) is 1.89. The van der Waals surface area contributed by atoms with Crippen molar-refractivity contribution in [3.63, 3.8) is 0 Å². The lowest BCUT2D eigenvalue weighted by Gasteiger charge is -2.14. The van der Waals surface area contributed by atoms with E-state index in [0.29, 0.717) is 5.82 Å². The molecule has 1 aromatic carbocycles. The van der Waals surface area contributed by atoms with Crippen LogP contribution in [0, 0.1) is 0 Å². The summed E-state index contributed by atoms with van der Waals surface area (Å²) < 4.78 is 5.95. The molecule has 1 saturated heterocycles. The summed E-state index contributed by atoms with van der Waals surface area (Å²) in [5.74, 6) is 1.24. The highest BCUT2D eigenvalue weighted by molar-refractivity contribution is 5.93. The van der Waals surface area contributed by atoms with Gasteiger partial charge in [0.2, 0.25) is 0 Å². The van der Waals surface area contributed by atoms with Crippen molar-refractivity contribution in [2.24, 2.45) is 0 Å². The highest BCUT2D eigenvalue weighted by atomic mass is 16.5. The molecule has 0 spiro atoms. The van der Waals surface area contributed by atoms with Crippen LogP contribution >= 0.6 is 0 Å². The van der Waals surface area contributed by atoms with Crippen LogP contribution in [0.1, 0.15) is 6.42 Å². The second kappa shape index (κ2) is 4.18. The average molecular weight is 230 g/mol. The van der Waals surface area contributed by atoms with Gasteiger partial charge in [-0.25, -0.2) is 9.97 Å². The smallest absolute Gasteiger partial charge is 0.138 e. The van der Waals surface area contributed by atoms with Crippen LogP contribution in [0.15, 0.2) is 24.5 Å². The van der Waals surface area contributed by atoms with Gasteiger partial charge in [-0.3, -0.25) is 0 Å². The van der Waals surface area contributed by atoms with Gasteiger partial charge >= 0.3 is 0 Å². The number of fused-ring (bicyclic) bond motifs is 1. The quantitative estimate of drug-likeness (QED) is 0.803. The lowest BCUT2D eigenvalue weighted by atomic mass is 10.2. The van der Waals surface area contributed by atoms with Crippen LogP contribution in [0.2, 0.25) is 0 Å². The first-order valence-electron chi connectivity index (χ1n) is 5.71. The summed E-state index contributed by atoms with van der Waals surface area (Å²) in [5.41, 5.74) is 6.70. The number of hydrogen-bond donors (Lipinski definition) is 2. The van der Waals surface area contributed by atoms with Gasteiger partial charge in [-0.05, 0) is 25.1 Å². The molecule has 1 atom stereocenters. The minimum atomic E-state index is 0.209. The summed E-state index contributed by atoms with van der Waals surface area (Å²) in [7, 11) is 0. The maximum absolute atomic E-state index is 5.95. The second-order valence-electron chi connectivity index (χ2n) is 4.14. The van der Waals surface area contributed by atoms with Gasteiger partial charge in [-0.1, -0.05) is 6.07 Å². The normalized spacial score (nSPS) is 19.6. The highest BCUT2D eigenvalue weighted by Gasteiger charge is 2.17. The van der Waals surface area contributed by atoms with E-state index in [1.165, 1.54) is 6.33 Å². The van der Waals surface area contributed by atoms with Crippen molar-refractivity contribution in [1.82, 2.24) is 15.3 Å². The van der Waals surface area contributed by atoms with Crippen molar-refractivity contribution < 1.29 is 4.74 Å². The number of nitrogens with zero attached hydrogens (tertiary/aromatic N) is 2. The Bertz CT molecular complexity index is 532. The molecule has 1 aromatic heterocycles. The largest absolute Gasteiger partial charge is 0.488 e. The molecule has 0 radical (unpaired) electrons. The van der Waals surface area contributed by atoms with E-state index in [4.69, 9.17) is 10.5 Å². The van der Waals surface area contributed by atoms with Crippen LogP contribution < -0.4 is 15.8 Å². The zero-order valence-electron chi connectivity index (χ0n) is 9.39. The topological polar surface area (TPSA) is 73.1 Å². The molecule has 3 N–H and O–H groups in total. The second-order valence-corrected chi connectivity index (χ2v) is 4.14. The summed E-state index contributed by atoms with van der Waals surface area (Å²) >= 11 is 0. The van der Waals surface area contributed by atoms with E-state index < -0.39 is 0 Å². The van der Waals surface area contributed by atoms with Gasteiger partial charge in [-0.15, -0.1) is 0 Å². The van der Waals surface area contributed by atoms with Crippen LogP contribution in [-0.4, -0.2) is 29.2 Å². The zero-order chi connectivity index (χ0) is 11.7. The number of hydrogen-bond acceptors (Lipinski definition) is 5. The Kier molecular flexibility index (Phi) is 2.53. The molecule has 0 amide bonds. The molecule has 88 valence electrons. The first-order valence-corrected chi connectivity index (χ1v) is 5.71. The first kappa shape index (κ1) is 10.3. The Morgan fingerprint density at radius 3 is 3.12 bits per heavy atom. The number of rotatable bonds is 2. The van der Waals surface area contributed by atoms with E-state index in [2.05, 4.69) is 15.3 Å². The molecule has 0 aliphatic carbocycles. The molecule has 1 aliphatic heterocycles. The molecule has 3 rings (SSSR count). The fraction of sp³-hybridized carbons (Fsp3) is 0.333. The number of nitrogens with one attached hydrogen (secondary N) is 1. The predicted octanol–water partition coefficient (Wildman–Crippen LogP) is 0.953. The minimum Gasteiger partial charge on any atom is -0.488 e. The van der Waals surface area contributed by atoms with Crippen molar-refractivity contribution in [1.29, 1.82) is 0 Å². The van der Waals surface area contributed by atoms with E-state index in [1.54, 1.807) is 0 Å². The van der Waals surface area contributed by atoms with Gasteiger partial charge in [0, 0.05) is 6.54 Å². The molecule has 5 heteroatoms. The maximum Gasteiger partial charge on any atom is 0.138 e. The SMILES string of the molecule is Nc1ncnc2cccc(O[C@H]3CCNC3)c12. The minimum absolute atomic E-state index is 0.209. The Hall–Kier alpha value is -1.88. The van der Waals surface area contributed by atoms with Gasteiger partial charge in [0.05, 0.1) is 10.9 Å². The Morgan fingerprint density at radius 1 is 1.35 bits per heavy atom. The van der Waals surface area contributed by atoms with Crippen molar-refractivity contribution in [3.05, 3.63) is 24.5 Å². The zero-order valence-corrected chi connectivity index (χ0v) is 9.39. The van der Waals surface area contributed by atoms with E-state index in [-0.39, 0.29) is 6.10 Å². The summed E-state index contributed by atoms with van der Waals surface area (Å²) in [5, 5.41) is 4.08. The summed E-state index contributed by atoms with van der Waals surface area (Å²) in [6.07, 6.45) is 2.70. The third-order valence-electron chi connectivity index (χ3n) is 2.96. The lowest BCUT2D eigenvalue weighted by Crippen LogP contribution is -2.19. The standard InChI is InChI=1S/C12H14N4O/c13-12-11-9(15-7-16-12)2-1-3-10(11)17-8-4-5-14-6-8/h1-3,7-8,14H,4-6H2,(H2,13,15,16)/t8-/m0/s1. The van der Waals surface area contributed by atoms with E-state index in [1.807, 2.05) is 18.2 Å². The van der Waals surface area contributed by atoms with Crippen LogP contribution in [0.3, 0.4) is 0 Å². The van der Waals surface area contributed by atoms with Crippen molar-refractivity contribution in [2.75, 3.05) is 18.8 Å². The monoisotopic (exact) mass is 230 g/mol. The molecule has 2 heterocycles. The van der Waals surface area contributed by atoms with Gasteiger partial charge in [-0.2, -0.15) is 0 Å². The average Bonchev–Trinajstić information content (AvgIpc) is 2.82. The molecular weight excluding hydrogens is 216 g/mol. The van der Waals surface area contributed by atoms with Crippen LogP contribution in [0.25, 0.3) is 10.9 Å². The molecule has 17 heavy (non-hydrogen) atoms. The Labute approximate surface area is 99.0 Å². The molecule has 1 fully saturated rings. The summed E-state index contributed by atoms with van der Waals surface area (Å²) in [4.78, 5) is 8.20. The summed E-state index contributed by atoms with van der Waals surface area (Å²) in [6.45, 7) is 1.88. The van der Waals surface area contributed by atoms with E-state index >= 15 is 0 Å². The lowest BCUT2D eigenvalue weighted by molar-refractivity contribution is 0.226. The number of benzene rings is 1. The Balaban J connectivity index is 2.03. The van der Waals surface area contributed by atoms with Crippen molar-refractivity contribution in [2.45, 2.75) is 12.5 Å². The van der Waals surface area contributed by atoms with Crippen molar-refractivity contribution >= 4 is 16.7 Å². The summed E-state index contributed by atoms with van der Waals surface area (Å²) in [6, 6.07) is 5.75. The molecule has 0 saturated carbocycles. The molecule has 0 unspecified atom stereocenters. The number of aromatic nitrogens is 2. The molecule has 2 aromatic rings. The third-order valence-corrected chi connectivity index (χ3v) is 2.96. The number of nitrogen functional groups attached to an aromatic ring is 1. The maximum atomic E-state index is 5.95. The Morgan fingerprint density at radius 2 is 2.29 bits per heavy atom. The first-order chi connectivity index (χ1) is 8.34. The van der Waals surface area contributed by atoms with Gasteiger partial charge in [0.1, 0.15) is 24.0 Å². The van der Waals surface area contributed by atoms with E-state index in [9.17, 15) is 0 Å². The van der Waals surface area contributed by atoms with Gasteiger partial charge in [0.25, 0.3) is 0 Å². The van der Waals surface area contributed by atoms with Gasteiger partial charge < -0.3 is 15.8 Å². The van der Waals surface area contributed by atoms with E-state index in [0.717, 1.165) is 36.2 Å². The number of ether oxygens (including phenoxy) is 1. The molecular formula is C12H14N4O. The van der Waals surface area contributed by atoms with Crippen molar-refractivity contribution in [3.8, 4) is 5.75 Å². The molecule has 0 bridgehead atoms. The van der Waals surface area contributed by atoms with Crippen LogP contribution in [0.5, 0.6) is 5.75 Å². The van der Waals surface area contributed by atoms with Crippen LogP contribution in [-0.2, 0) is 0 Å². The van der Waals surface area contributed by atoms with Crippen LogP contribution in [0.4, 0.5) is 5.82 Å². The van der Waals surface area contributed by atoms with Gasteiger partial charge in [0.15, 0.2) is 0 Å². The fourth-order valence-corrected chi connectivity index (χ4v) is 2.11. The predicted molar refractivity (Wildman–Crippen MR) is 65.9 cm³/mol.